The van der Waals surface area contributed by atoms with Crippen molar-refractivity contribution in [3.05, 3.63) is 35.4 Å². The highest BCUT2D eigenvalue weighted by molar-refractivity contribution is 5.81. The van der Waals surface area contributed by atoms with Gasteiger partial charge in [-0.25, -0.2) is 0 Å². The lowest BCUT2D eigenvalue weighted by Crippen LogP contribution is -2.09. The van der Waals surface area contributed by atoms with Gasteiger partial charge in [0, 0.05) is 24.3 Å². The number of hydrogen-bond donors (Lipinski definition) is 0. The van der Waals surface area contributed by atoms with E-state index in [1.807, 2.05) is 12.1 Å². The van der Waals surface area contributed by atoms with Crippen LogP contribution in [0.25, 0.3) is 0 Å². The first-order valence-electron chi connectivity index (χ1n) is 6.84. The van der Waals surface area contributed by atoms with Gasteiger partial charge >= 0.3 is 0 Å². The van der Waals surface area contributed by atoms with E-state index in [1.165, 1.54) is 18.4 Å². The van der Waals surface area contributed by atoms with Crippen LogP contribution in [0.15, 0.2) is 24.3 Å². The first kappa shape index (κ1) is 12.9. The quantitative estimate of drug-likeness (QED) is 0.733. The van der Waals surface area contributed by atoms with E-state index >= 15 is 0 Å². The zero-order valence-electron chi connectivity index (χ0n) is 11.0. The Morgan fingerprint density at radius 3 is 2.56 bits per heavy atom. The number of ketones is 1. The summed E-state index contributed by atoms with van der Waals surface area (Å²) in [5.41, 5.74) is 2.28. The summed E-state index contributed by atoms with van der Waals surface area (Å²) in [5.74, 6) is 6.98. The van der Waals surface area contributed by atoms with E-state index in [9.17, 15) is 4.79 Å². The monoisotopic (exact) mass is 240 g/mol. The summed E-state index contributed by atoms with van der Waals surface area (Å²) in [6, 6.07) is 8.18. The predicted octanol–water partition coefficient (Wildman–Crippen LogP) is 3.89. The Morgan fingerprint density at radius 2 is 1.89 bits per heavy atom. The largest absolute Gasteiger partial charge is 0.299 e. The van der Waals surface area contributed by atoms with Crippen LogP contribution in [0.1, 0.15) is 49.7 Å². The Labute approximate surface area is 110 Å². The molecule has 0 aliphatic heterocycles. The fraction of sp³-hybridized carbons (Fsp3) is 0.471. The predicted molar refractivity (Wildman–Crippen MR) is 74.3 cm³/mol. The second kappa shape index (κ2) is 6.40. The van der Waals surface area contributed by atoms with Gasteiger partial charge in [0.05, 0.1) is 0 Å². The van der Waals surface area contributed by atoms with E-state index in [0.717, 1.165) is 18.4 Å². The molecule has 0 bridgehead atoms. The van der Waals surface area contributed by atoms with E-state index in [0.29, 0.717) is 24.5 Å². The van der Waals surface area contributed by atoms with Crippen LogP contribution in [0.2, 0.25) is 0 Å². The summed E-state index contributed by atoms with van der Waals surface area (Å²) < 4.78 is 0. The van der Waals surface area contributed by atoms with Gasteiger partial charge in [-0.3, -0.25) is 4.79 Å². The molecule has 1 aromatic rings. The molecule has 0 unspecified atom stereocenters. The van der Waals surface area contributed by atoms with Gasteiger partial charge in [0.1, 0.15) is 5.78 Å². The molecule has 1 aliphatic rings. The van der Waals surface area contributed by atoms with E-state index in [1.54, 1.807) is 0 Å². The lowest BCUT2D eigenvalue weighted by atomic mass is 9.99. The van der Waals surface area contributed by atoms with Gasteiger partial charge in [0.2, 0.25) is 0 Å². The molecule has 0 aromatic heterocycles. The van der Waals surface area contributed by atoms with Gasteiger partial charge in [-0.1, -0.05) is 42.4 Å². The number of carbonyl (C=O) groups is 1. The molecule has 1 nitrogen and oxygen atoms in total. The summed E-state index contributed by atoms with van der Waals surface area (Å²) in [6.07, 6.45) is 5.98. The van der Waals surface area contributed by atoms with Gasteiger partial charge in [0.25, 0.3) is 0 Å². The van der Waals surface area contributed by atoms with Crippen molar-refractivity contribution in [3.63, 3.8) is 0 Å². The van der Waals surface area contributed by atoms with Crippen LogP contribution in [-0.2, 0) is 4.79 Å². The van der Waals surface area contributed by atoms with Gasteiger partial charge in [0.15, 0.2) is 0 Å². The topological polar surface area (TPSA) is 17.1 Å². The third-order valence-electron chi connectivity index (χ3n) is 3.59. The molecule has 1 aliphatic carbocycles. The van der Waals surface area contributed by atoms with Crippen LogP contribution in [-0.4, -0.2) is 5.78 Å². The highest BCUT2D eigenvalue weighted by Crippen LogP contribution is 2.26. The lowest BCUT2D eigenvalue weighted by Gasteiger charge is -2.04. The first-order valence-corrected chi connectivity index (χ1v) is 6.84. The number of aryl methyl sites for hydroxylation is 1. The molecular formula is C17H20O. The van der Waals surface area contributed by atoms with E-state index in [-0.39, 0.29) is 0 Å². The van der Waals surface area contributed by atoms with Crippen LogP contribution in [0.5, 0.6) is 0 Å². The van der Waals surface area contributed by atoms with E-state index in [2.05, 4.69) is 30.9 Å². The van der Waals surface area contributed by atoms with Crippen molar-refractivity contribution in [2.45, 2.75) is 45.4 Å². The molecule has 94 valence electrons. The van der Waals surface area contributed by atoms with Crippen molar-refractivity contribution in [2.75, 3.05) is 0 Å². The van der Waals surface area contributed by atoms with Crippen molar-refractivity contribution in [1.29, 1.82) is 0 Å². The second-order valence-corrected chi connectivity index (χ2v) is 5.12. The molecule has 1 heteroatoms. The Bertz CT molecular complexity index is 453. The Balaban J connectivity index is 1.78. The van der Waals surface area contributed by atoms with Crippen LogP contribution in [0.4, 0.5) is 0 Å². The maximum atomic E-state index is 11.8. The summed E-state index contributed by atoms with van der Waals surface area (Å²) in [7, 11) is 0. The van der Waals surface area contributed by atoms with Gasteiger partial charge in [-0.2, -0.15) is 0 Å². The van der Waals surface area contributed by atoms with Crippen molar-refractivity contribution < 1.29 is 4.79 Å². The van der Waals surface area contributed by atoms with Crippen molar-refractivity contribution in [1.82, 2.24) is 0 Å². The van der Waals surface area contributed by atoms with Crippen molar-refractivity contribution >= 4 is 5.78 Å². The van der Waals surface area contributed by atoms with Crippen LogP contribution in [0.3, 0.4) is 0 Å². The number of rotatable bonds is 3. The summed E-state index contributed by atoms with van der Waals surface area (Å²) >= 11 is 0. The minimum absolute atomic E-state index is 0.339. The molecule has 0 saturated heterocycles. The first-order chi connectivity index (χ1) is 8.75. The molecule has 0 radical (unpaired) electrons. The Hall–Kier alpha value is -1.55. The SMILES string of the molecule is Cc1ccc(C#CCCC(=O)C2CCCC2)cc1. The Morgan fingerprint density at radius 1 is 1.22 bits per heavy atom. The molecule has 0 atom stereocenters. The maximum absolute atomic E-state index is 11.8. The standard InChI is InChI=1S/C17H20O/c1-14-10-12-15(13-11-14)6-2-5-9-17(18)16-7-3-4-8-16/h10-13,16H,3-5,7-9H2,1H3. The number of carbonyl (C=O) groups excluding carboxylic acids is 1. The zero-order chi connectivity index (χ0) is 12.8. The van der Waals surface area contributed by atoms with Crippen LogP contribution >= 0.6 is 0 Å². The van der Waals surface area contributed by atoms with E-state index < -0.39 is 0 Å². The molecule has 0 amide bonds. The average Bonchev–Trinajstić information content (AvgIpc) is 2.90. The average molecular weight is 240 g/mol. The summed E-state index contributed by atoms with van der Waals surface area (Å²) in [4.78, 5) is 11.8. The van der Waals surface area contributed by atoms with Gasteiger partial charge in [-0.15, -0.1) is 0 Å². The summed E-state index contributed by atoms with van der Waals surface area (Å²) in [6.45, 7) is 2.07. The van der Waals surface area contributed by atoms with E-state index in [4.69, 9.17) is 0 Å². The van der Waals surface area contributed by atoms with Crippen molar-refractivity contribution in [2.24, 2.45) is 5.92 Å². The summed E-state index contributed by atoms with van der Waals surface area (Å²) in [5, 5.41) is 0. The fourth-order valence-electron chi connectivity index (χ4n) is 2.44. The third-order valence-corrected chi connectivity index (χ3v) is 3.59. The molecule has 0 N–H and O–H groups in total. The fourth-order valence-corrected chi connectivity index (χ4v) is 2.44. The molecule has 18 heavy (non-hydrogen) atoms. The molecule has 1 fully saturated rings. The molecule has 2 rings (SSSR count). The number of Topliss-reactive ketones (excluding diaryl/α,β-unsaturated/α-hetero) is 1. The van der Waals surface area contributed by atoms with Crippen LogP contribution in [0, 0.1) is 24.7 Å². The smallest absolute Gasteiger partial charge is 0.136 e. The Kier molecular flexibility index (Phi) is 4.59. The third kappa shape index (κ3) is 3.74. The van der Waals surface area contributed by atoms with Gasteiger partial charge < -0.3 is 0 Å². The minimum atomic E-state index is 0.339. The highest BCUT2D eigenvalue weighted by atomic mass is 16.1. The molecular weight excluding hydrogens is 220 g/mol. The number of benzene rings is 1. The normalized spacial score (nSPS) is 15.2. The highest BCUT2D eigenvalue weighted by Gasteiger charge is 2.21. The zero-order valence-corrected chi connectivity index (χ0v) is 11.0. The second-order valence-electron chi connectivity index (χ2n) is 5.12. The number of hydrogen-bond acceptors (Lipinski definition) is 1. The van der Waals surface area contributed by atoms with Crippen LogP contribution < -0.4 is 0 Å². The molecule has 1 aromatic carbocycles. The van der Waals surface area contributed by atoms with Crippen molar-refractivity contribution in [3.8, 4) is 11.8 Å². The molecule has 1 saturated carbocycles. The molecule has 0 spiro atoms. The molecule has 0 heterocycles. The minimum Gasteiger partial charge on any atom is -0.299 e. The lowest BCUT2D eigenvalue weighted by molar-refractivity contribution is -0.122. The van der Waals surface area contributed by atoms with Gasteiger partial charge in [-0.05, 0) is 31.9 Å². The maximum Gasteiger partial charge on any atom is 0.136 e.